The molecule has 1 aromatic carbocycles. The van der Waals surface area contributed by atoms with Crippen LogP contribution in [0.5, 0.6) is 0 Å². The highest BCUT2D eigenvalue weighted by Gasteiger charge is 2.24. The van der Waals surface area contributed by atoms with Crippen LogP contribution < -0.4 is 10.6 Å². The molecular weight excluding hydrogens is 486 g/mol. The summed E-state index contributed by atoms with van der Waals surface area (Å²) in [7, 11) is 1.88. The zero-order chi connectivity index (χ0) is 28.2. The Bertz CT molecular complexity index is 1370. The van der Waals surface area contributed by atoms with E-state index in [4.69, 9.17) is 4.79 Å². The number of carbonyl (C=O) groups excluding carboxylic acids is 2. The molecule has 39 heavy (non-hydrogen) atoms. The normalized spacial score (nSPS) is 14.6. The van der Waals surface area contributed by atoms with Crippen molar-refractivity contribution in [3.8, 4) is 0 Å². The number of pyridine rings is 1. The molecule has 0 aliphatic carbocycles. The van der Waals surface area contributed by atoms with Gasteiger partial charge >= 0.3 is 0 Å². The number of carbonyl (C=O) groups is 2. The third kappa shape index (κ3) is 6.82. The van der Waals surface area contributed by atoms with E-state index >= 15 is 0 Å². The van der Waals surface area contributed by atoms with Gasteiger partial charge in [0.2, 0.25) is 0 Å². The molecule has 0 radical (unpaired) electrons. The number of anilines is 2. The number of amides is 1. The third-order valence-corrected chi connectivity index (χ3v) is 6.80. The van der Waals surface area contributed by atoms with Gasteiger partial charge < -0.3 is 20.3 Å². The first-order chi connectivity index (χ1) is 19.1. The summed E-state index contributed by atoms with van der Waals surface area (Å²) < 4.78 is 2.07. The van der Waals surface area contributed by atoms with Gasteiger partial charge in [0.15, 0.2) is 5.65 Å². The fourth-order valence-electron chi connectivity index (χ4n) is 4.81. The Morgan fingerprint density at radius 2 is 1.79 bits per heavy atom. The number of imidazole rings is 1. The van der Waals surface area contributed by atoms with Gasteiger partial charge in [-0.05, 0) is 85.5 Å². The van der Waals surface area contributed by atoms with Crippen molar-refractivity contribution < 1.29 is 9.59 Å². The van der Waals surface area contributed by atoms with Gasteiger partial charge in [-0.15, -0.1) is 0 Å². The Morgan fingerprint density at radius 1 is 1.08 bits per heavy atom. The monoisotopic (exact) mass is 523 g/mol. The molecule has 1 aliphatic heterocycles. The lowest BCUT2D eigenvalue weighted by Gasteiger charge is -2.32. The Morgan fingerprint density at radius 3 is 2.41 bits per heavy atom. The molecule has 3 heterocycles. The van der Waals surface area contributed by atoms with Crippen molar-refractivity contribution in [2.45, 2.75) is 19.8 Å². The standard InChI is InChI=1S/C31H35N5O.CH2O/c1-5-8-23(6-2)25-16-20-35(21-17-25)31(37)26-9-11-27(12-10-26)34-28-13-14-29(24(7-3)15-18-32-4)36-22-19-33-30(28)36;1-2/h5-15,18-19,22,25,32,34H,1-2,16-17,20-21H2,3-4H3;1H2/b18-15-,23-8+,24-7+;. The van der Waals surface area contributed by atoms with Crippen molar-refractivity contribution in [3.05, 3.63) is 115 Å². The number of nitrogens with one attached hydrogen (secondary N) is 2. The SMILES string of the molecule is C=C/C=C(\C=C)C1CCN(C(=O)c2ccc(Nc3ccc(C(/C=C\NC)=C/C)n4ccnc34)cc2)CC1.C=O. The van der Waals surface area contributed by atoms with E-state index in [9.17, 15) is 4.79 Å². The molecule has 1 aliphatic rings. The minimum absolute atomic E-state index is 0.0753. The summed E-state index contributed by atoms with van der Waals surface area (Å²) >= 11 is 0. The molecule has 3 aromatic rings. The van der Waals surface area contributed by atoms with Crippen LogP contribution >= 0.6 is 0 Å². The van der Waals surface area contributed by atoms with Crippen LogP contribution in [-0.2, 0) is 4.79 Å². The predicted octanol–water partition coefficient (Wildman–Crippen LogP) is 6.18. The van der Waals surface area contributed by atoms with Crippen LogP contribution in [0.3, 0.4) is 0 Å². The van der Waals surface area contributed by atoms with E-state index < -0.39 is 0 Å². The van der Waals surface area contributed by atoms with Crippen LogP contribution in [-0.4, -0.2) is 47.1 Å². The Kier molecular flexibility index (Phi) is 10.6. The molecule has 7 heteroatoms. The summed E-state index contributed by atoms with van der Waals surface area (Å²) in [6.45, 7) is 13.2. The van der Waals surface area contributed by atoms with Gasteiger partial charge in [0.1, 0.15) is 6.79 Å². The van der Waals surface area contributed by atoms with E-state index in [1.165, 1.54) is 5.57 Å². The highest BCUT2D eigenvalue weighted by atomic mass is 16.2. The number of likely N-dealkylation sites (tertiary alicyclic amines) is 1. The van der Waals surface area contributed by atoms with E-state index in [1.54, 1.807) is 12.3 Å². The van der Waals surface area contributed by atoms with Crippen molar-refractivity contribution in [1.29, 1.82) is 0 Å². The zero-order valence-electron chi connectivity index (χ0n) is 22.8. The Labute approximate surface area is 230 Å². The highest BCUT2D eigenvalue weighted by Crippen LogP contribution is 2.28. The molecule has 0 spiro atoms. The van der Waals surface area contributed by atoms with E-state index in [0.29, 0.717) is 11.5 Å². The van der Waals surface area contributed by atoms with Gasteiger partial charge in [-0.1, -0.05) is 37.5 Å². The summed E-state index contributed by atoms with van der Waals surface area (Å²) in [5, 5.41) is 6.50. The summed E-state index contributed by atoms with van der Waals surface area (Å²) in [5.74, 6) is 0.506. The maximum absolute atomic E-state index is 13.1. The fourth-order valence-corrected chi connectivity index (χ4v) is 4.81. The molecule has 7 nitrogen and oxygen atoms in total. The van der Waals surface area contributed by atoms with Gasteiger partial charge in [0, 0.05) is 43.8 Å². The zero-order valence-corrected chi connectivity index (χ0v) is 22.8. The van der Waals surface area contributed by atoms with Crippen molar-refractivity contribution in [2.75, 3.05) is 25.5 Å². The average Bonchev–Trinajstić information content (AvgIpc) is 3.49. The number of hydrogen-bond donors (Lipinski definition) is 2. The number of hydrogen-bond acceptors (Lipinski definition) is 5. The van der Waals surface area contributed by atoms with E-state index in [2.05, 4.69) is 45.3 Å². The lowest BCUT2D eigenvalue weighted by atomic mass is 9.88. The second kappa shape index (κ2) is 14.3. The summed E-state index contributed by atoms with van der Waals surface area (Å²) in [6, 6.07) is 11.8. The second-order valence-corrected chi connectivity index (χ2v) is 8.99. The van der Waals surface area contributed by atoms with Crippen molar-refractivity contribution >= 4 is 35.3 Å². The maximum Gasteiger partial charge on any atom is 0.253 e. The quantitative estimate of drug-likeness (QED) is 0.328. The van der Waals surface area contributed by atoms with E-state index in [1.807, 2.05) is 86.6 Å². The number of benzene rings is 1. The second-order valence-electron chi connectivity index (χ2n) is 8.99. The van der Waals surface area contributed by atoms with Gasteiger partial charge in [0.25, 0.3) is 5.91 Å². The minimum Gasteiger partial charge on any atom is -0.394 e. The molecule has 2 aromatic heterocycles. The Hall–Kier alpha value is -4.65. The molecule has 1 fully saturated rings. The van der Waals surface area contributed by atoms with Crippen LogP contribution in [0.25, 0.3) is 11.2 Å². The highest BCUT2D eigenvalue weighted by molar-refractivity contribution is 5.94. The number of piperidine rings is 1. The number of fused-ring (bicyclic) bond motifs is 1. The summed E-state index contributed by atoms with van der Waals surface area (Å²) in [4.78, 5) is 27.6. The minimum atomic E-state index is 0.0753. The van der Waals surface area contributed by atoms with Gasteiger partial charge in [-0.2, -0.15) is 0 Å². The third-order valence-electron chi connectivity index (χ3n) is 6.80. The first-order valence-corrected chi connectivity index (χ1v) is 13.0. The maximum atomic E-state index is 13.1. The van der Waals surface area contributed by atoms with E-state index in [0.717, 1.165) is 54.2 Å². The molecule has 4 rings (SSSR count). The molecule has 0 atom stereocenters. The van der Waals surface area contributed by atoms with Gasteiger partial charge in [0.05, 0.1) is 11.4 Å². The predicted molar refractivity (Wildman–Crippen MR) is 161 cm³/mol. The van der Waals surface area contributed by atoms with Crippen molar-refractivity contribution in [2.24, 2.45) is 5.92 Å². The molecule has 2 N–H and O–H groups in total. The van der Waals surface area contributed by atoms with Crippen molar-refractivity contribution in [1.82, 2.24) is 19.6 Å². The molecular formula is C32H37N5O2. The topological polar surface area (TPSA) is 78.7 Å². The fraction of sp³-hybridized carbons (Fsp3) is 0.219. The summed E-state index contributed by atoms with van der Waals surface area (Å²) in [5.41, 5.74) is 6.68. The average molecular weight is 524 g/mol. The lowest BCUT2D eigenvalue weighted by molar-refractivity contribution is -0.0980. The van der Waals surface area contributed by atoms with Crippen molar-refractivity contribution in [3.63, 3.8) is 0 Å². The van der Waals surface area contributed by atoms with Crippen LogP contribution in [0.2, 0.25) is 0 Å². The van der Waals surface area contributed by atoms with Gasteiger partial charge in [-0.25, -0.2) is 4.98 Å². The lowest BCUT2D eigenvalue weighted by Crippen LogP contribution is -2.38. The first-order valence-electron chi connectivity index (χ1n) is 13.0. The Balaban J connectivity index is 0.00000205. The molecule has 0 saturated carbocycles. The number of nitrogens with zero attached hydrogens (tertiary/aromatic N) is 3. The number of rotatable bonds is 9. The molecule has 1 amide bonds. The van der Waals surface area contributed by atoms with Crippen LogP contribution in [0.15, 0.2) is 104 Å². The van der Waals surface area contributed by atoms with Crippen LogP contribution in [0, 0.1) is 5.92 Å². The molecule has 202 valence electrons. The van der Waals surface area contributed by atoms with Gasteiger partial charge in [-0.3, -0.25) is 9.20 Å². The molecule has 0 bridgehead atoms. The number of allylic oxidation sites excluding steroid dienone is 7. The smallest absolute Gasteiger partial charge is 0.253 e. The summed E-state index contributed by atoms with van der Waals surface area (Å²) in [6.07, 6.45) is 17.4. The largest absolute Gasteiger partial charge is 0.394 e. The molecule has 1 saturated heterocycles. The molecule has 0 unspecified atom stereocenters. The number of aromatic nitrogens is 2. The van der Waals surface area contributed by atoms with Crippen LogP contribution in [0.1, 0.15) is 35.8 Å². The van der Waals surface area contributed by atoms with E-state index in [-0.39, 0.29) is 5.91 Å². The van der Waals surface area contributed by atoms with Crippen LogP contribution in [0.4, 0.5) is 11.4 Å². The first kappa shape index (κ1) is 28.9.